The largest absolute Gasteiger partial charge is 0.508 e. The molecule has 140 valence electrons. The van der Waals surface area contributed by atoms with Gasteiger partial charge in [-0.05, 0) is 31.0 Å². The number of carbonyl (C=O) groups excluding carboxylic acids is 1. The van der Waals surface area contributed by atoms with Crippen molar-refractivity contribution in [1.82, 2.24) is 9.80 Å². The first-order valence-corrected chi connectivity index (χ1v) is 9.41. The number of amides is 1. The maximum atomic E-state index is 12.8. The van der Waals surface area contributed by atoms with Crippen LogP contribution in [0.1, 0.15) is 43.4 Å². The third-order valence-electron chi connectivity index (χ3n) is 5.22. The van der Waals surface area contributed by atoms with E-state index in [1.165, 1.54) is 19.3 Å². The standard InChI is InChI=1S/C21H28N2O3/c1-22(18-9-3-2-4-10-18)21(25)16-23(15-19-11-7-13-26-19)14-17-8-5-6-12-20(17)24/h5-8,11-13,18,24H,2-4,9-10,14-16H2,1H3. The molecule has 1 saturated carbocycles. The molecule has 0 saturated heterocycles. The highest BCUT2D eigenvalue weighted by Gasteiger charge is 2.24. The molecule has 1 fully saturated rings. The van der Waals surface area contributed by atoms with E-state index < -0.39 is 0 Å². The highest BCUT2D eigenvalue weighted by molar-refractivity contribution is 5.78. The monoisotopic (exact) mass is 356 g/mol. The average Bonchev–Trinajstić information content (AvgIpc) is 3.16. The molecular formula is C21H28N2O3. The fraction of sp³-hybridized carbons (Fsp3) is 0.476. The van der Waals surface area contributed by atoms with Gasteiger partial charge in [0.15, 0.2) is 0 Å². The first-order chi connectivity index (χ1) is 12.6. The van der Waals surface area contributed by atoms with E-state index >= 15 is 0 Å². The Hall–Kier alpha value is -2.27. The molecule has 1 aliphatic carbocycles. The van der Waals surface area contributed by atoms with E-state index in [-0.39, 0.29) is 11.7 Å². The van der Waals surface area contributed by atoms with Gasteiger partial charge in [0, 0.05) is 25.2 Å². The van der Waals surface area contributed by atoms with E-state index in [9.17, 15) is 9.90 Å². The van der Waals surface area contributed by atoms with Crippen LogP contribution in [0.15, 0.2) is 47.1 Å². The smallest absolute Gasteiger partial charge is 0.236 e. The van der Waals surface area contributed by atoms with Crippen LogP contribution >= 0.6 is 0 Å². The first-order valence-electron chi connectivity index (χ1n) is 9.41. The Morgan fingerprint density at radius 1 is 1.12 bits per heavy atom. The zero-order chi connectivity index (χ0) is 18.4. The van der Waals surface area contributed by atoms with E-state index in [2.05, 4.69) is 0 Å². The van der Waals surface area contributed by atoms with Crippen LogP contribution in [-0.4, -0.2) is 40.4 Å². The normalized spacial score (nSPS) is 15.3. The van der Waals surface area contributed by atoms with Crippen molar-refractivity contribution in [2.45, 2.75) is 51.2 Å². The summed E-state index contributed by atoms with van der Waals surface area (Å²) >= 11 is 0. The molecule has 1 aromatic heterocycles. The fourth-order valence-corrected chi connectivity index (χ4v) is 3.65. The number of furan rings is 1. The van der Waals surface area contributed by atoms with E-state index in [1.54, 1.807) is 18.4 Å². The number of hydrogen-bond acceptors (Lipinski definition) is 4. The van der Waals surface area contributed by atoms with Gasteiger partial charge in [0.05, 0.1) is 19.4 Å². The molecule has 0 bridgehead atoms. The number of para-hydroxylation sites is 1. The quantitative estimate of drug-likeness (QED) is 0.820. The van der Waals surface area contributed by atoms with Crippen LogP contribution < -0.4 is 0 Å². The van der Waals surface area contributed by atoms with Gasteiger partial charge in [0.25, 0.3) is 0 Å². The molecule has 1 heterocycles. The van der Waals surface area contributed by atoms with Crippen molar-refractivity contribution in [3.8, 4) is 5.75 Å². The molecule has 1 aliphatic rings. The summed E-state index contributed by atoms with van der Waals surface area (Å²) in [5.74, 6) is 1.19. The molecular weight excluding hydrogens is 328 g/mol. The van der Waals surface area contributed by atoms with Gasteiger partial charge in [-0.3, -0.25) is 9.69 Å². The second-order valence-electron chi connectivity index (χ2n) is 7.15. The molecule has 5 nitrogen and oxygen atoms in total. The number of carbonyl (C=O) groups is 1. The molecule has 0 radical (unpaired) electrons. The zero-order valence-electron chi connectivity index (χ0n) is 15.4. The van der Waals surface area contributed by atoms with Crippen LogP contribution in [0, 0.1) is 0 Å². The van der Waals surface area contributed by atoms with Gasteiger partial charge in [0.2, 0.25) is 5.91 Å². The molecule has 1 amide bonds. The molecule has 5 heteroatoms. The third-order valence-corrected chi connectivity index (χ3v) is 5.22. The highest BCUT2D eigenvalue weighted by Crippen LogP contribution is 2.23. The lowest BCUT2D eigenvalue weighted by Gasteiger charge is -2.33. The van der Waals surface area contributed by atoms with Crippen molar-refractivity contribution in [2.24, 2.45) is 0 Å². The molecule has 2 aromatic rings. The number of hydrogen-bond donors (Lipinski definition) is 1. The molecule has 0 unspecified atom stereocenters. The summed E-state index contributed by atoms with van der Waals surface area (Å²) in [5.41, 5.74) is 0.812. The van der Waals surface area contributed by atoms with Crippen LogP contribution in [-0.2, 0) is 17.9 Å². The summed E-state index contributed by atoms with van der Waals surface area (Å²) in [5, 5.41) is 10.1. The van der Waals surface area contributed by atoms with Crippen LogP contribution in [0.3, 0.4) is 0 Å². The van der Waals surface area contributed by atoms with Crippen molar-refractivity contribution in [3.63, 3.8) is 0 Å². The minimum absolute atomic E-state index is 0.124. The number of phenolic OH excluding ortho intramolecular Hbond substituents is 1. The minimum atomic E-state index is 0.124. The predicted molar refractivity (Wildman–Crippen MR) is 101 cm³/mol. The van der Waals surface area contributed by atoms with Crippen LogP contribution in [0.5, 0.6) is 5.75 Å². The zero-order valence-corrected chi connectivity index (χ0v) is 15.4. The van der Waals surface area contributed by atoms with E-state index in [1.807, 2.05) is 41.1 Å². The molecule has 0 spiro atoms. The number of aromatic hydroxyl groups is 1. The fourth-order valence-electron chi connectivity index (χ4n) is 3.65. The van der Waals surface area contributed by atoms with Crippen LogP contribution in [0.2, 0.25) is 0 Å². The molecule has 3 rings (SSSR count). The molecule has 1 aromatic carbocycles. The van der Waals surface area contributed by atoms with Crippen molar-refractivity contribution < 1.29 is 14.3 Å². The van der Waals surface area contributed by atoms with E-state index in [4.69, 9.17) is 4.42 Å². The van der Waals surface area contributed by atoms with Crippen LogP contribution in [0.4, 0.5) is 0 Å². The maximum absolute atomic E-state index is 12.8. The van der Waals surface area contributed by atoms with Crippen molar-refractivity contribution >= 4 is 5.91 Å². The third kappa shape index (κ3) is 4.88. The van der Waals surface area contributed by atoms with Gasteiger partial charge in [-0.1, -0.05) is 37.5 Å². The Kier molecular flexibility index (Phi) is 6.34. The maximum Gasteiger partial charge on any atom is 0.236 e. The molecule has 26 heavy (non-hydrogen) atoms. The van der Waals surface area contributed by atoms with Crippen molar-refractivity contribution in [3.05, 3.63) is 54.0 Å². The SMILES string of the molecule is CN(C(=O)CN(Cc1ccco1)Cc1ccccc1O)C1CCCCC1. The number of rotatable bonds is 7. The van der Waals surface area contributed by atoms with Gasteiger partial charge >= 0.3 is 0 Å². The average molecular weight is 356 g/mol. The molecule has 1 N–H and O–H groups in total. The van der Waals surface area contributed by atoms with Crippen molar-refractivity contribution in [1.29, 1.82) is 0 Å². The van der Waals surface area contributed by atoms with Crippen molar-refractivity contribution in [2.75, 3.05) is 13.6 Å². The van der Waals surface area contributed by atoms with E-state index in [0.29, 0.717) is 25.7 Å². The van der Waals surface area contributed by atoms with Gasteiger partial charge in [0.1, 0.15) is 11.5 Å². The van der Waals surface area contributed by atoms with Crippen LogP contribution in [0.25, 0.3) is 0 Å². The summed E-state index contributed by atoms with van der Waals surface area (Å²) in [6.07, 6.45) is 7.52. The number of likely N-dealkylation sites (N-methyl/N-ethyl adjacent to an activating group) is 1. The van der Waals surface area contributed by atoms with Gasteiger partial charge < -0.3 is 14.4 Å². The number of benzene rings is 1. The summed E-state index contributed by atoms with van der Waals surface area (Å²) in [7, 11) is 1.92. The Morgan fingerprint density at radius 2 is 1.88 bits per heavy atom. The summed E-state index contributed by atoms with van der Waals surface area (Å²) < 4.78 is 5.46. The lowest BCUT2D eigenvalue weighted by molar-refractivity contribution is -0.134. The Balaban J connectivity index is 1.68. The Labute approximate surface area is 155 Å². The van der Waals surface area contributed by atoms with Gasteiger partial charge in [-0.15, -0.1) is 0 Å². The highest BCUT2D eigenvalue weighted by atomic mass is 16.3. The predicted octanol–water partition coefficient (Wildman–Crippen LogP) is 3.78. The molecule has 0 aliphatic heterocycles. The number of nitrogens with zero attached hydrogens (tertiary/aromatic N) is 2. The number of phenols is 1. The summed E-state index contributed by atoms with van der Waals surface area (Å²) in [6, 6.07) is 11.4. The van der Waals surface area contributed by atoms with Gasteiger partial charge in [-0.25, -0.2) is 0 Å². The van der Waals surface area contributed by atoms with E-state index in [0.717, 1.165) is 24.2 Å². The Bertz CT molecular complexity index is 693. The lowest BCUT2D eigenvalue weighted by Crippen LogP contribution is -2.43. The first kappa shape index (κ1) is 18.5. The lowest BCUT2D eigenvalue weighted by atomic mass is 9.94. The Morgan fingerprint density at radius 3 is 2.58 bits per heavy atom. The second-order valence-corrected chi connectivity index (χ2v) is 7.15. The minimum Gasteiger partial charge on any atom is -0.508 e. The molecule has 0 atom stereocenters. The second kappa shape index (κ2) is 8.90. The van der Waals surface area contributed by atoms with Gasteiger partial charge in [-0.2, -0.15) is 0 Å². The topological polar surface area (TPSA) is 56.9 Å². The summed E-state index contributed by atoms with van der Waals surface area (Å²) in [4.78, 5) is 16.8. The summed E-state index contributed by atoms with van der Waals surface area (Å²) in [6.45, 7) is 1.34.